The minimum absolute atomic E-state index is 0.275. The van der Waals surface area contributed by atoms with Gasteiger partial charge in [0.1, 0.15) is 5.75 Å². The zero-order chi connectivity index (χ0) is 20.8. The van der Waals surface area contributed by atoms with Gasteiger partial charge in [-0.25, -0.2) is 9.78 Å². The Bertz CT molecular complexity index is 998. The Morgan fingerprint density at radius 3 is 2.34 bits per heavy atom. The van der Waals surface area contributed by atoms with Crippen molar-refractivity contribution in [2.24, 2.45) is 0 Å². The van der Waals surface area contributed by atoms with Gasteiger partial charge in [-0.1, -0.05) is 0 Å². The van der Waals surface area contributed by atoms with Crippen LogP contribution >= 0.6 is 11.3 Å². The Hall–Kier alpha value is -3.39. The number of methoxy groups -OCH3 is 1. The highest BCUT2D eigenvalue weighted by molar-refractivity contribution is 7.16. The van der Waals surface area contributed by atoms with E-state index >= 15 is 0 Å². The second-order valence-electron chi connectivity index (χ2n) is 6.03. The second-order valence-corrected chi connectivity index (χ2v) is 7.23. The molecule has 0 aliphatic carbocycles. The average Bonchev–Trinajstić information content (AvgIpc) is 3.08. The molecule has 0 atom stereocenters. The summed E-state index contributed by atoms with van der Waals surface area (Å²) in [4.78, 5) is 29.5. The molecule has 3 aromatic rings. The van der Waals surface area contributed by atoms with Gasteiger partial charge < -0.3 is 9.47 Å². The number of carbonyl (C=O) groups is 2. The number of aryl methyl sites for hydroxylation is 1. The fraction of sp³-hybridized carbons (Fsp3) is 0.190. The maximum Gasteiger partial charge on any atom is 0.411 e. The molecule has 0 unspecified atom stereocenters. The van der Waals surface area contributed by atoms with Crippen molar-refractivity contribution in [1.29, 1.82) is 0 Å². The average molecular weight is 411 g/mol. The Morgan fingerprint density at radius 2 is 1.72 bits per heavy atom. The number of hydrogen-bond donors (Lipinski definition) is 2. The van der Waals surface area contributed by atoms with Crippen molar-refractivity contribution in [2.75, 3.05) is 24.4 Å². The second kappa shape index (κ2) is 9.20. The van der Waals surface area contributed by atoms with E-state index < -0.39 is 6.09 Å². The fourth-order valence-electron chi connectivity index (χ4n) is 2.63. The first-order chi connectivity index (χ1) is 14.0. The van der Waals surface area contributed by atoms with E-state index in [2.05, 4.69) is 15.6 Å². The van der Waals surface area contributed by atoms with E-state index in [1.165, 1.54) is 11.3 Å². The number of thiazole rings is 1. The van der Waals surface area contributed by atoms with Crippen LogP contribution in [0.25, 0.3) is 11.3 Å². The first-order valence-corrected chi connectivity index (χ1v) is 9.79. The van der Waals surface area contributed by atoms with E-state index in [1.54, 1.807) is 38.3 Å². The van der Waals surface area contributed by atoms with Gasteiger partial charge in [0, 0.05) is 21.7 Å². The van der Waals surface area contributed by atoms with Crippen LogP contribution in [0.4, 0.5) is 15.6 Å². The predicted molar refractivity (Wildman–Crippen MR) is 114 cm³/mol. The van der Waals surface area contributed by atoms with Crippen molar-refractivity contribution >= 4 is 34.2 Å². The quantitative estimate of drug-likeness (QED) is 0.599. The summed E-state index contributed by atoms with van der Waals surface area (Å²) >= 11 is 1.41. The number of rotatable bonds is 6. The van der Waals surface area contributed by atoms with Crippen LogP contribution in [0.2, 0.25) is 0 Å². The van der Waals surface area contributed by atoms with Gasteiger partial charge in [0.05, 0.1) is 19.4 Å². The summed E-state index contributed by atoms with van der Waals surface area (Å²) in [5.41, 5.74) is 2.78. The molecule has 2 amide bonds. The number of amides is 2. The Balaban J connectivity index is 1.68. The number of anilines is 2. The molecule has 0 fully saturated rings. The maximum atomic E-state index is 12.5. The monoisotopic (exact) mass is 411 g/mol. The van der Waals surface area contributed by atoms with Crippen LogP contribution in [0.3, 0.4) is 0 Å². The van der Waals surface area contributed by atoms with E-state index in [-0.39, 0.29) is 12.5 Å². The van der Waals surface area contributed by atoms with E-state index in [0.717, 1.165) is 21.9 Å². The molecule has 8 heteroatoms. The summed E-state index contributed by atoms with van der Waals surface area (Å²) in [6.07, 6.45) is -0.533. The molecule has 0 radical (unpaired) electrons. The summed E-state index contributed by atoms with van der Waals surface area (Å²) < 4.78 is 10.0. The van der Waals surface area contributed by atoms with Gasteiger partial charge in [0.25, 0.3) is 5.91 Å². The summed E-state index contributed by atoms with van der Waals surface area (Å²) in [5, 5.41) is 5.93. The maximum absolute atomic E-state index is 12.5. The van der Waals surface area contributed by atoms with Crippen LogP contribution in [0, 0.1) is 6.92 Å². The van der Waals surface area contributed by atoms with Crippen LogP contribution in [0.1, 0.15) is 22.2 Å². The van der Waals surface area contributed by atoms with E-state index in [0.29, 0.717) is 16.4 Å². The first kappa shape index (κ1) is 20.3. The molecule has 0 aliphatic rings. The van der Waals surface area contributed by atoms with Gasteiger partial charge in [-0.15, -0.1) is 11.3 Å². The number of ether oxygens (including phenoxy) is 2. The Morgan fingerprint density at radius 1 is 1.03 bits per heavy atom. The smallest absolute Gasteiger partial charge is 0.411 e. The lowest BCUT2D eigenvalue weighted by atomic mass is 10.1. The third-order valence-electron chi connectivity index (χ3n) is 4.05. The first-order valence-electron chi connectivity index (χ1n) is 8.97. The molecule has 0 spiro atoms. The number of carbonyl (C=O) groups excluding carboxylic acids is 2. The van der Waals surface area contributed by atoms with Crippen LogP contribution < -0.4 is 15.4 Å². The fourth-order valence-corrected chi connectivity index (χ4v) is 3.46. The molecule has 29 heavy (non-hydrogen) atoms. The normalized spacial score (nSPS) is 10.3. The van der Waals surface area contributed by atoms with Crippen LogP contribution in [0.5, 0.6) is 5.75 Å². The van der Waals surface area contributed by atoms with Gasteiger partial charge >= 0.3 is 6.09 Å². The van der Waals surface area contributed by atoms with Crippen molar-refractivity contribution < 1.29 is 19.1 Å². The van der Waals surface area contributed by atoms with E-state index in [4.69, 9.17) is 9.47 Å². The lowest BCUT2D eigenvalue weighted by Gasteiger charge is -2.06. The molecule has 0 aliphatic heterocycles. The number of nitrogens with one attached hydrogen (secondary N) is 2. The molecule has 2 aromatic carbocycles. The summed E-state index contributed by atoms with van der Waals surface area (Å²) in [6, 6.07) is 14.1. The van der Waals surface area contributed by atoms with Gasteiger partial charge in [-0.05, 0) is 62.4 Å². The SMILES string of the molecule is CCOC(=O)Nc1ccc(C(=O)Nc2nc(-c3ccc(OC)cc3)c(C)s2)cc1. The summed E-state index contributed by atoms with van der Waals surface area (Å²) in [5.74, 6) is 0.499. The third-order valence-corrected chi connectivity index (χ3v) is 4.94. The van der Waals surface area contributed by atoms with Crippen LogP contribution in [-0.2, 0) is 4.74 Å². The zero-order valence-corrected chi connectivity index (χ0v) is 17.1. The summed E-state index contributed by atoms with van der Waals surface area (Å²) in [6.45, 7) is 3.98. The minimum Gasteiger partial charge on any atom is -0.497 e. The summed E-state index contributed by atoms with van der Waals surface area (Å²) in [7, 11) is 1.62. The standard InChI is InChI=1S/C21H21N3O4S/c1-4-28-21(26)22-16-9-5-15(6-10-16)19(25)24-20-23-18(13(2)29-20)14-7-11-17(27-3)12-8-14/h5-12H,4H2,1-3H3,(H,22,26)(H,23,24,25). The Kier molecular flexibility index (Phi) is 6.46. The molecule has 150 valence electrons. The minimum atomic E-state index is -0.533. The molecule has 1 heterocycles. The Labute approximate surface area is 172 Å². The van der Waals surface area contributed by atoms with Crippen molar-refractivity contribution in [3.63, 3.8) is 0 Å². The molecule has 0 saturated carbocycles. The topological polar surface area (TPSA) is 89.5 Å². The van der Waals surface area contributed by atoms with Crippen molar-refractivity contribution in [2.45, 2.75) is 13.8 Å². The van der Waals surface area contributed by atoms with Gasteiger partial charge in [0.15, 0.2) is 5.13 Å². The molecule has 0 bridgehead atoms. The predicted octanol–water partition coefficient (Wildman–Crippen LogP) is 4.95. The van der Waals surface area contributed by atoms with Crippen molar-refractivity contribution in [3.8, 4) is 17.0 Å². The lowest BCUT2D eigenvalue weighted by Crippen LogP contribution is -2.14. The largest absolute Gasteiger partial charge is 0.497 e. The molecule has 0 saturated heterocycles. The molecular formula is C21H21N3O4S. The number of aromatic nitrogens is 1. The number of hydrogen-bond acceptors (Lipinski definition) is 6. The molecule has 7 nitrogen and oxygen atoms in total. The number of benzene rings is 2. The van der Waals surface area contributed by atoms with Crippen LogP contribution in [-0.4, -0.2) is 30.7 Å². The van der Waals surface area contributed by atoms with E-state index in [9.17, 15) is 9.59 Å². The van der Waals surface area contributed by atoms with Gasteiger partial charge in [0.2, 0.25) is 0 Å². The van der Waals surface area contributed by atoms with Gasteiger partial charge in [-0.3, -0.25) is 15.4 Å². The highest BCUT2D eigenvalue weighted by atomic mass is 32.1. The number of nitrogens with zero attached hydrogens (tertiary/aromatic N) is 1. The molecule has 3 rings (SSSR count). The van der Waals surface area contributed by atoms with E-state index in [1.807, 2.05) is 31.2 Å². The molecule has 1 aromatic heterocycles. The molecular weight excluding hydrogens is 390 g/mol. The zero-order valence-electron chi connectivity index (χ0n) is 16.3. The van der Waals surface area contributed by atoms with Crippen molar-refractivity contribution in [1.82, 2.24) is 4.98 Å². The van der Waals surface area contributed by atoms with Crippen molar-refractivity contribution in [3.05, 3.63) is 59.0 Å². The molecule has 2 N–H and O–H groups in total. The van der Waals surface area contributed by atoms with Gasteiger partial charge in [-0.2, -0.15) is 0 Å². The highest BCUT2D eigenvalue weighted by Gasteiger charge is 2.14. The lowest BCUT2D eigenvalue weighted by molar-refractivity contribution is 0.102. The third kappa shape index (κ3) is 5.11. The van der Waals surface area contributed by atoms with Crippen LogP contribution in [0.15, 0.2) is 48.5 Å². The highest BCUT2D eigenvalue weighted by Crippen LogP contribution is 2.31.